The van der Waals surface area contributed by atoms with Gasteiger partial charge in [-0.05, 0) is 0 Å². The zero-order valence-corrected chi connectivity index (χ0v) is 56.3. The Bertz CT molecular complexity index is 1350. The molecular formula is C58H112O27S4. The Balaban J connectivity index is 4.02. The predicted molar refractivity (Wildman–Crippen MR) is 341 cm³/mol. The van der Waals surface area contributed by atoms with Gasteiger partial charge in [-0.1, -0.05) is 0 Å². The molecule has 0 aromatic carbocycles. The Morgan fingerprint density at radius 2 is 0.404 bits per heavy atom. The SMILES string of the molecule is O=CCSCCOCCOCCOCCOCCOCCOCCOCCOCCOCCOCC(COCCOCCOCCOCCOCCOCCOCCOCCOCCOCCSCC(O)CO)(COCCSCC=O)COCCSCC=O. The van der Waals surface area contributed by atoms with Crippen LogP contribution in [-0.2, 0) is 119 Å². The summed E-state index contributed by atoms with van der Waals surface area (Å²) < 4.78 is 124. The van der Waals surface area contributed by atoms with Crippen LogP contribution in [0.25, 0.3) is 0 Å². The lowest BCUT2D eigenvalue weighted by atomic mass is 9.92. The van der Waals surface area contributed by atoms with E-state index in [9.17, 15) is 19.5 Å². The highest BCUT2D eigenvalue weighted by Gasteiger charge is 2.32. The van der Waals surface area contributed by atoms with Gasteiger partial charge in [0.15, 0.2) is 0 Å². The van der Waals surface area contributed by atoms with Crippen LogP contribution in [0.15, 0.2) is 0 Å². The molecule has 0 fully saturated rings. The molecule has 0 aliphatic carbocycles. The Kier molecular flexibility index (Phi) is 79.4. The molecule has 27 nitrogen and oxygen atoms in total. The summed E-state index contributed by atoms with van der Waals surface area (Å²) in [5, 5.41) is 18.1. The van der Waals surface area contributed by atoms with Crippen molar-refractivity contribution >= 4 is 65.9 Å². The Hall–Kier alpha value is -0.550. The van der Waals surface area contributed by atoms with Gasteiger partial charge in [-0.3, -0.25) is 0 Å². The fraction of sp³-hybridized carbons (Fsp3) is 0.948. The van der Waals surface area contributed by atoms with Crippen LogP contribution in [0.4, 0.5) is 0 Å². The summed E-state index contributed by atoms with van der Waals surface area (Å²) in [5.41, 5.74) is -0.644. The summed E-state index contributed by atoms with van der Waals surface area (Å²) in [6, 6.07) is 0. The van der Waals surface area contributed by atoms with Crippen molar-refractivity contribution in [3.8, 4) is 0 Å². The normalized spacial score (nSPS) is 12.2. The number of thioether (sulfide) groups is 4. The third kappa shape index (κ3) is 74.7. The summed E-state index contributed by atoms with van der Waals surface area (Å²) in [7, 11) is 0. The van der Waals surface area contributed by atoms with Crippen molar-refractivity contribution < 1.29 is 129 Å². The van der Waals surface area contributed by atoms with Gasteiger partial charge in [0.25, 0.3) is 0 Å². The van der Waals surface area contributed by atoms with Crippen LogP contribution in [0.5, 0.6) is 0 Å². The van der Waals surface area contributed by atoms with E-state index in [1.54, 1.807) is 11.8 Å². The van der Waals surface area contributed by atoms with Crippen LogP contribution in [0.3, 0.4) is 0 Å². The van der Waals surface area contributed by atoms with Gasteiger partial charge in [0, 0.05) is 46.0 Å². The van der Waals surface area contributed by atoms with Gasteiger partial charge in [0.2, 0.25) is 0 Å². The largest absolute Gasteiger partial charge is 0.394 e. The van der Waals surface area contributed by atoms with Gasteiger partial charge in [0.05, 0.1) is 309 Å². The Morgan fingerprint density at radius 3 is 0.596 bits per heavy atom. The van der Waals surface area contributed by atoms with E-state index in [0.29, 0.717) is 312 Å². The zero-order chi connectivity index (χ0) is 64.1. The number of aliphatic hydroxyl groups excluding tert-OH is 2. The van der Waals surface area contributed by atoms with Gasteiger partial charge in [-0.15, -0.1) is 0 Å². The fourth-order valence-electron chi connectivity index (χ4n) is 6.50. The van der Waals surface area contributed by atoms with Gasteiger partial charge >= 0.3 is 0 Å². The van der Waals surface area contributed by atoms with Crippen molar-refractivity contribution in [1.29, 1.82) is 0 Å². The molecule has 530 valence electrons. The van der Waals surface area contributed by atoms with Gasteiger partial charge in [0.1, 0.15) is 18.9 Å². The lowest BCUT2D eigenvalue weighted by Gasteiger charge is -2.33. The number of aldehydes is 3. The minimum absolute atomic E-state index is 0.223. The Morgan fingerprint density at radius 1 is 0.247 bits per heavy atom. The van der Waals surface area contributed by atoms with Gasteiger partial charge < -0.3 is 129 Å². The number of aliphatic hydroxyl groups is 2. The van der Waals surface area contributed by atoms with E-state index in [-0.39, 0.29) is 19.8 Å². The van der Waals surface area contributed by atoms with Crippen molar-refractivity contribution in [1.82, 2.24) is 0 Å². The smallest absolute Gasteiger partial charge is 0.129 e. The van der Waals surface area contributed by atoms with Crippen LogP contribution in [0, 0.1) is 5.41 Å². The highest BCUT2D eigenvalue weighted by atomic mass is 32.2. The molecule has 0 amide bonds. The van der Waals surface area contributed by atoms with Crippen molar-refractivity contribution in [2.24, 2.45) is 5.41 Å². The minimum Gasteiger partial charge on any atom is -0.394 e. The third-order valence-corrected chi connectivity index (χ3v) is 14.5. The molecule has 0 aliphatic rings. The molecule has 0 heterocycles. The first-order valence-corrected chi connectivity index (χ1v) is 35.4. The third-order valence-electron chi connectivity index (χ3n) is 10.9. The highest BCUT2D eigenvalue weighted by molar-refractivity contribution is 8.00. The lowest BCUT2D eigenvalue weighted by molar-refractivity contribution is -0.113. The number of hydrogen-bond acceptors (Lipinski definition) is 31. The standard InChI is InChI=1S/C58H112O27S4/c59-1-44-86-47-40-80-34-32-76-26-24-72-18-16-68-10-8-64-4-6-66-12-14-70-20-22-74-28-30-78-36-38-82-53-58(55-84-42-48-87-45-2-60,56-85-43-49-88-46-3-61)54-83-39-37-79-31-29-75-23-21-71-15-13-67-7-5-65-9-11-69-17-19-73-25-27-77-33-35-81-41-50-89-52-57(63)51-62/h1-3,57,62-63H,4-56H2. The van der Waals surface area contributed by atoms with Gasteiger partial charge in [-0.25, -0.2) is 0 Å². The molecule has 0 rings (SSSR count). The van der Waals surface area contributed by atoms with E-state index in [0.717, 1.165) is 30.4 Å². The predicted octanol–water partition coefficient (Wildman–Crippen LogP) is 1.22. The summed E-state index contributed by atoms with van der Waals surface area (Å²) in [6.45, 7) is 19.1. The number of hydrogen-bond donors (Lipinski definition) is 2. The maximum Gasteiger partial charge on any atom is 0.129 e. The minimum atomic E-state index is -0.681. The average Bonchev–Trinajstić information content (AvgIpc) is 3.71. The quantitative estimate of drug-likeness (QED) is 0.0639. The van der Waals surface area contributed by atoms with Crippen molar-refractivity contribution in [2.45, 2.75) is 6.10 Å². The molecule has 1 atom stereocenters. The monoisotopic (exact) mass is 1370 g/mol. The summed E-state index contributed by atoms with van der Waals surface area (Å²) >= 11 is 6.07. The molecule has 0 radical (unpaired) electrons. The summed E-state index contributed by atoms with van der Waals surface area (Å²) in [4.78, 5) is 31.9. The van der Waals surface area contributed by atoms with Crippen LogP contribution in [-0.4, -0.2) is 379 Å². The van der Waals surface area contributed by atoms with Crippen molar-refractivity contribution in [3.05, 3.63) is 0 Å². The van der Waals surface area contributed by atoms with E-state index < -0.39 is 11.5 Å². The molecule has 0 spiro atoms. The maximum atomic E-state index is 10.8. The van der Waals surface area contributed by atoms with E-state index in [1.807, 2.05) is 0 Å². The second-order valence-electron chi connectivity index (χ2n) is 18.4. The molecule has 0 saturated carbocycles. The Labute approximate surface area is 547 Å². The molecular weight excluding hydrogens is 1260 g/mol. The number of rotatable bonds is 83. The molecule has 1 unspecified atom stereocenters. The molecule has 0 aromatic heterocycles. The first kappa shape index (κ1) is 88.5. The van der Waals surface area contributed by atoms with E-state index >= 15 is 0 Å². The van der Waals surface area contributed by atoms with Crippen LogP contribution < -0.4 is 0 Å². The average molecular weight is 1370 g/mol. The zero-order valence-electron chi connectivity index (χ0n) is 53.0. The first-order valence-electron chi connectivity index (χ1n) is 30.7. The molecule has 0 bridgehead atoms. The van der Waals surface area contributed by atoms with Crippen molar-refractivity contribution in [3.63, 3.8) is 0 Å². The summed E-state index contributed by atoms with van der Waals surface area (Å²) in [5.74, 6) is 4.68. The first-order chi connectivity index (χ1) is 44.1. The summed E-state index contributed by atoms with van der Waals surface area (Å²) in [6.07, 6.45) is 1.96. The number of carbonyl (C=O) groups excluding carboxylic acids is 3. The van der Waals surface area contributed by atoms with Crippen LogP contribution >= 0.6 is 47.0 Å². The van der Waals surface area contributed by atoms with Crippen molar-refractivity contribution in [2.75, 3.05) is 343 Å². The molecule has 2 N–H and O–H groups in total. The second kappa shape index (κ2) is 79.9. The fourth-order valence-corrected chi connectivity index (χ4v) is 8.78. The lowest BCUT2D eigenvalue weighted by Crippen LogP contribution is -2.42. The molecule has 0 aliphatic heterocycles. The van der Waals surface area contributed by atoms with E-state index in [4.69, 9.17) is 109 Å². The number of ether oxygens (including phenoxy) is 22. The van der Waals surface area contributed by atoms with Crippen LogP contribution in [0.2, 0.25) is 0 Å². The number of carbonyl (C=O) groups is 3. The van der Waals surface area contributed by atoms with Gasteiger partial charge in [-0.2, -0.15) is 47.0 Å². The highest BCUT2D eigenvalue weighted by Crippen LogP contribution is 2.21. The topological polar surface area (TPSA) is 295 Å². The second-order valence-corrected chi connectivity index (χ2v) is 23.0. The molecule has 89 heavy (non-hydrogen) atoms. The maximum absolute atomic E-state index is 10.8. The molecule has 0 saturated heterocycles. The molecule has 0 aromatic rings. The van der Waals surface area contributed by atoms with Crippen LogP contribution in [0.1, 0.15) is 0 Å². The van der Waals surface area contributed by atoms with E-state index in [1.165, 1.54) is 35.3 Å². The molecule has 31 heteroatoms. The van der Waals surface area contributed by atoms with E-state index in [2.05, 4.69) is 0 Å².